The van der Waals surface area contributed by atoms with Crippen LogP contribution in [0.15, 0.2) is 52.3 Å². The topological polar surface area (TPSA) is 41.0 Å². The maximum absolute atomic E-state index is 6.62. The quantitative estimate of drug-likeness (QED) is 0.713. The Bertz CT molecular complexity index is 861. The summed E-state index contributed by atoms with van der Waals surface area (Å²) in [6.45, 7) is 2.05. The Hall–Kier alpha value is -1.92. The molecule has 1 aromatic carbocycles. The molecular formula is C20H21BrN4O. The van der Waals surface area contributed by atoms with Crippen LogP contribution in [0.5, 0.6) is 5.75 Å². The van der Waals surface area contributed by atoms with E-state index in [9.17, 15) is 0 Å². The average molecular weight is 413 g/mol. The van der Waals surface area contributed by atoms with Crippen molar-refractivity contribution in [2.75, 3.05) is 20.1 Å². The Balaban J connectivity index is 1.60. The van der Waals surface area contributed by atoms with Gasteiger partial charge in [0.2, 0.25) is 5.72 Å². The molecule has 2 aromatic rings. The fourth-order valence-electron chi connectivity index (χ4n) is 4.27. The van der Waals surface area contributed by atoms with Gasteiger partial charge in [0.15, 0.2) is 0 Å². The maximum atomic E-state index is 6.62. The van der Waals surface area contributed by atoms with Crippen molar-refractivity contribution >= 4 is 21.6 Å². The van der Waals surface area contributed by atoms with E-state index in [1.807, 2.05) is 24.5 Å². The molecule has 134 valence electrons. The summed E-state index contributed by atoms with van der Waals surface area (Å²) in [5.41, 5.74) is 3.14. The summed E-state index contributed by atoms with van der Waals surface area (Å²) in [5, 5.41) is 7.33. The lowest BCUT2D eigenvalue weighted by Gasteiger charge is -2.50. The second-order valence-electron chi connectivity index (χ2n) is 7.38. The van der Waals surface area contributed by atoms with Crippen LogP contribution < -0.4 is 4.74 Å². The van der Waals surface area contributed by atoms with Gasteiger partial charge >= 0.3 is 0 Å². The van der Waals surface area contributed by atoms with Gasteiger partial charge in [-0.25, -0.2) is 5.01 Å². The number of benzene rings is 1. The van der Waals surface area contributed by atoms with Crippen molar-refractivity contribution in [3.8, 4) is 5.75 Å². The Morgan fingerprint density at radius 3 is 2.69 bits per heavy atom. The van der Waals surface area contributed by atoms with E-state index in [0.29, 0.717) is 0 Å². The number of hydrazone groups is 1. The number of ether oxygens (including phenoxy) is 1. The van der Waals surface area contributed by atoms with Crippen LogP contribution in [0.2, 0.25) is 0 Å². The van der Waals surface area contributed by atoms with E-state index in [0.717, 1.165) is 53.8 Å². The van der Waals surface area contributed by atoms with Gasteiger partial charge in [0, 0.05) is 60.3 Å². The molecule has 0 N–H and O–H groups in total. The van der Waals surface area contributed by atoms with Crippen molar-refractivity contribution in [3.63, 3.8) is 0 Å². The van der Waals surface area contributed by atoms with Gasteiger partial charge in [0.25, 0.3) is 0 Å². The molecule has 1 saturated heterocycles. The van der Waals surface area contributed by atoms with Crippen molar-refractivity contribution < 1.29 is 4.74 Å². The highest BCUT2D eigenvalue weighted by Crippen LogP contribution is 2.50. The number of aromatic nitrogens is 1. The molecule has 0 saturated carbocycles. The first-order valence-electron chi connectivity index (χ1n) is 9.09. The number of piperidine rings is 1. The van der Waals surface area contributed by atoms with E-state index in [-0.39, 0.29) is 11.8 Å². The van der Waals surface area contributed by atoms with Crippen molar-refractivity contribution in [2.45, 2.75) is 31.0 Å². The number of nitrogens with zero attached hydrogens (tertiary/aromatic N) is 4. The zero-order valence-electron chi connectivity index (χ0n) is 14.7. The molecule has 0 bridgehead atoms. The van der Waals surface area contributed by atoms with Crippen LogP contribution in [0.25, 0.3) is 0 Å². The predicted octanol–water partition coefficient (Wildman–Crippen LogP) is 3.81. The standard InChI is InChI=1S/C20H21BrN4O/c1-24-10-6-20(7-11-24)25-18(16-12-15(21)2-3-19(16)26-20)13-17(23-25)14-4-8-22-9-5-14/h2-5,8-9,12,18H,6-7,10-11,13H2,1H3. The van der Waals surface area contributed by atoms with Crippen molar-refractivity contribution in [2.24, 2.45) is 5.10 Å². The van der Waals surface area contributed by atoms with Crippen LogP contribution in [-0.4, -0.2) is 46.5 Å². The number of halogens is 1. The van der Waals surface area contributed by atoms with Gasteiger partial charge in [0.05, 0.1) is 11.8 Å². The molecule has 0 aliphatic carbocycles. The van der Waals surface area contributed by atoms with E-state index in [1.165, 1.54) is 5.56 Å². The Morgan fingerprint density at radius 2 is 1.92 bits per heavy atom. The highest BCUT2D eigenvalue weighted by atomic mass is 79.9. The van der Waals surface area contributed by atoms with Gasteiger partial charge in [-0.3, -0.25) is 4.98 Å². The molecule has 6 heteroatoms. The predicted molar refractivity (Wildman–Crippen MR) is 104 cm³/mol. The first-order chi connectivity index (χ1) is 12.6. The van der Waals surface area contributed by atoms with E-state index >= 15 is 0 Å². The molecule has 1 aromatic heterocycles. The minimum Gasteiger partial charge on any atom is -0.466 e. The molecule has 5 nitrogen and oxygen atoms in total. The zero-order chi connectivity index (χ0) is 17.7. The summed E-state index contributed by atoms with van der Waals surface area (Å²) < 4.78 is 7.70. The fourth-order valence-corrected chi connectivity index (χ4v) is 4.65. The molecule has 3 aliphatic heterocycles. The number of hydrogen-bond acceptors (Lipinski definition) is 5. The van der Waals surface area contributed by atoms with Crippen molar-refractivity contribution in [1.82, 2.24) is 14.9 Å². The lowest BCUT2D eigenvalue weighted by Crippen LogP contribution is -2.58. The second-order valence-corrected chi connectivity index (χ2v) is 8.30. The van der Waals surface area contributed by atoms with Gasteiger partial charge in [-0.15, -0.1) is 0 Å². The Labute approximate surface area is 161 Å². The highest BCUT2D eigenvalue weighted by Gasteiger charge is 2.51. The number of hydrogen-bond donors (Lipinski definition) is 0. The van der Waals surface area contributed by atoms with Crippen LogP contribution in [0, 0.1) is 0 Å². The summed E-state index contributed by atoms with van der Waals surface area (Å²) in [7, 11) is 2.17. The lowest BCUT2D eigenvalue weighted by atomic mass is 9.91. The second kappa shape index (κ2) is 6.06. The smallest absolute Gasteiger partial charge is 0.200 e. The molecule has 3 aliphatic rings. The molecule has 1 spiro atoms. The lowest BCUT2D eigenvalue weighted by molar-refractivity contribution is -0.147. The minimum atomic E-state index is -0.340. The van der Waals surface area contributed by atoms with Crippen molar-refractivity contribution in [1.29, 1.82) is 0 Å². The average Bonchev–Trinajstić information content (AvgIpc) is 3.12. The zero-order valence-corrected chi connectivity index (χ0v) is 16.3. The van der Waals surface area contributed by atoms with E-state index in [1.54, 1.807) is 0 Å². The molecule has 0 radical (unpaired) electrons. The molecule has 4 heterocycles. The third kappa shape index (κ3) is 2.55. The largest absolute Gasteiger partial charge is 0.466 e. The monoisotopic (exact) mass is 412 g/mol. The summed E-state index contributed by atoms with van der Waals surface area (Å²) in [6, 6.07) is 10.7. The Morgan fingerprint density at radius 1 is 1.15 bits per heavy atom. The van der Waals surface area contributed by atoms with Crippen molar-refractivity contribution in [3.05, 3.63) is 58.3 Å². The molecule has 0 amide bonds. The van der Waals surface area contributed by atoms with Crippen LogP contribution in [0.3, 0.4) is 0 Å². The first kappa shape index (κ1) is 16.3. The highest BCUT2D eigenvalue weighted by molar-refractivity contribution is 9.10. The van der Waals surface area contributed by atoms with E-state index in [2.05, 4.69) is 56.1 Å². The van der Waals surface area contributed by atoms with Crippen LogP contribution >= 0.6 is 15.9 Å². The van der Waals surface area contributed by atoms with Gasteiger partial charge in [-0.1, -0.05) is 15.9 Å². The number of rotatable bonds is 1. The SMILES string of the molecule is CN1CCC2(CC1)Oc1ccc(Br)cc1C1CC(c3ccncc3)=NN12. The molecule has 5 rings (SSSR count). The number of likely N-dealkylation sites (tertiary alicyclic amines) is 1. The van der Waals surface area contributed by atoms with Gasteiger partial charge in [0.1, 0.15) is 5.75 Å². The first-order valence-corrected chi connectivity index (χ1v) is 9.88. The molecule has 26 heavy (non-hydrogen) atoms. The third-order valence-electron chi connectivity index (χ3n) is 5.74. The molecule has 1 unspecified atom stereocenters. The molecule has 1 atom stereocenters. The minimum absolute atomic E-state index is 0.225. The summed E-state index contributed by atoms with van der Waals surface area (Å²) >= 11 is 3.62. The maximum Gasteiger partial charge on any atom is 0.200 e. The molecular weight excluding hydrogens is 392 g/mol. The summed E-state index contributed by atoms with van der Waals surface area (Å²) in [4.78, 5) is 6.51. The van der Waals surface area contributed by atoms with Crippen LogP contribution in [0.1, 0.15) is 36.4 Å². The van der Waals surface area contributed by atoms with E-state index < -0.39 is 0 Å². The fraction of sp³-hybridized carbons (Fsp3) is 0.400. The third-order valence-corrected chi connectivity index (χ3v) is 6.23. The summed E-state index contributed by atoms with van der Waals surface area (Å²) in [5.74, 6) is 1.00. The summed E-state index contributed by atoms with van der Waals surface area (Å²) in [6.07, 6.45) is 6.49. The van der Waals surface area contributed by atoms with E-state index in [4.69, 9.17) is 9.84 Å². The number of pyridine rings is 1. The molecule has 1 fully saturated rings. The van der Waals surface area contributed by atoms with Gasteiger partial charge < -0.3 is 9.64 Å². The number of fused-ring (bicyclic) bond motifs is 4. The van der Waals surface area contributed by atoms with Gasteiger partial charge in [-0.05, 0) is 37.4 Å². The van der Waals surface area contributed by atoms with Crippen LogP contribution in [-0.2, 0) is 0 Å². The Kier molecular flexibility index (Phi) is 3.79. The van der Waals surface area contributed by atoms with Crippen LogP contribution in [0.4, 0.5) is 0 Å². The van der Waals surface area contributed by atoms with Gasteiger partial charge in [-0.2, -0.15) is 5.10 Å². The normalized spacial score (nSPS) is 24.0.